The molecule has 0 radical (unpaired) electrons. The molecule has 66 valence electrons. The molecular weight excluding hydrogens is 216 g/mol. The summed E-state index contributed by atoms with van der Waals surface area (Å²) in [6, 6.07) is 0. The molecule has 0 aromatic carbocycles. The minimum Gasteiger partial charge on any atom is -0.240 e. The molecule has 1 rings (SSSR count). The Kier molecular flexibility index (Phi) is 3.66. The molecule has 0 amide bonds. The van der Waals surface area contributed by atoms with Crippen LogP contribution in [0.2, 0.25) is 0 Å². The van der Waals surface area contributed by atoms with E-state index < -0.39 is 0 Å². The van der Waals surface area contributed by atoms with E-state index in [4.69, 9.17) is 0 Å². The van der Waals surface area contributed by atoms with E-state index in [9.17, 15) is 0 Å². The highest BCUT2D eigenvalue weighted by molar-refractivity contribution is 9.10. The van der Waals surface area contributed by atoms with Gasteiger partial charge >= 0.3 is 0 Å². The van der Waals surface area contributed by atoms with Crippen LogP contribution < -0.4 is 0 Å². The second-order valence-electron chi connectivity index (χ2n) is 3.25. The average Bonchev–Trinajstić information content (AvgIpc) is 2.03. The normalized spacial score (nSPS) is 10.7. The molecule has 0 unspecified atom stereocenters. The van der Waals surface area contributed by atoms with Gasteiger partial charge in [0.1, 0.15) is 5.82 Å². The Bertz CT molecular complexity index is 231. The minimum atomic E-state index is 0.720. The van der Waals surface area contributed by atoms with Crippen LogP contribution in [0.1, 0.15) is 26.1 Å². The number of aryl methyl sites for hydroxylation is 1. The summed E-state index contributed by atoms with van der Waals surface area (Å²) in [5.74, 6) is 1.66. The molecule has 12 heavy (non-hydrogen) atoms. The third-order valence-corrected chi connectivity index (χ3v) is 2.03. The zero-order valence-electron chi connectivity index (χ0n) is 7.42. The molecule has 0 spiro atoms. The third-order valence-electron chi connectivity index (χ3n) is 1.62. The van der Waals surface area contributed by atoms with Gasteiger partial charge in [0.25, 0.3) is 0 Å². The number of nitrogens with zero attached hydrogens (tertiary/aromatic N) is 2. The van der Waals surface area contributed by atoms with E-state index in [0.717, 1.165) is 29.1 Å². The maximum Gasteiger partial charge on any atom is 0.128 e. The maximum absolute atomic E-state index is 4.19. The molecule has 0 aliphatic carbocycles. The first-order chi connectivity index (χ1) is 5.68. The topological polar surface area (TPSA) is 25.8 Å². The zero-order valence-corrected chi connectivity index (χ0v) is 9.00. The van der Waals surface area contributed by atoms with Gasteiger partial charge in [-0.2, -0.15) is 0 Å². The van der Waals surface area contributed by atoms with Gasteiger partial charge in [0.15, 0.2) is 0 Å². The first-order valence-corrected chi connectivity index (χ1v) is 4.94. The summed E-state index contributed by atoms with van der Waals surface area (Å²) >= 11 is 3.30. The van der Waals surface area contributed by atoms with E-state index in [2.05, 4.69) is 39.7 Å². The van der Waals surface area contributed by atoms with Crippen LogP contribution in [0.5, 0.6) is 0 Å². The Morgan fingerprint density at radius 1 is 1.33 bits per heavy atom. The van der Waals surface area contributed by atoms with Crippen LogP contribution in [-0.4, -0.2) is 9.97 Å². The van der Waals surface area contributed by atoms with Gasteiger partial charge in [0.05, 0.1) is 4.47 Å². The lowest BCUT2D eigenvalue weighted by Crippen LogP contribution is -1.97. The Balaban J connectivity index is 2.48. The Labute approximate surface area is 81.6 Å². The van der Waals surface area contributed by atoms with Crippen molar-refractivity contribution in [2.24, 2.45) is 5.92 Å². The Morgan fingerprint density at radius 2 is 1.92 bits per heavy atom. The van der Waals surface area contributed by atoms with Gasteiger partial charge < -0.3 is 0 Å². The highest BCUT2D eigenvalue weighted by Crippen LogP contribution is 2.07. The lowest BCUT2D eigenvalue weighted by Gasteiger charge is -2.02. The van der Waals surface area contributed by atoms with Gasteiger partial charge in [-0.05, 0) is 28.3 Å². The van der Waals surface area contributed by atoms with Crippen LogP contribution in [0.15, 0.2) is 16.9 Å². The molecule has 1 heterocycles. The fourth-order valence-corrected chi connectivity index (χ4v) is 1.09. The molecular formula is C9H13BrN2. The highest BCUT2D eigenvalue weighted by Gasteiger charge is 1.98. The second kappa shape index (κ2) is 4.55. The summed E-state index contributed by atoms with van der Waals surface area (Å²) in [4.78, 5) is 8.38. The van der Waals surface area contributed by atoms with Crippen molar-refractivity contribution >= 4 is 15.9 Å². The van der Waals surface area contributed by atoms with Crippen molar-refractivity contribution < 1.29 is 0 Å². The van der Waals surface area contributed by atoms with Crippen molar-refractivity contribution in [3.05, 3.63) is 22.7 Å². The summed E-state index contributed by atoms with van der Waals surface area (Å²) in [5, 5.41) is 0. The van der Waals surface area contributed by atoms with Gasteiger partial charge in [-0.15, -0.1) is 0 Å². The second-order valence-corrected chi connectivity index (χ2v) is 4.17. The predicted molar refractivity (Wildman–Crippen MR) is 52.9 cm³/mol. The van der Waals surface area contributed by atoms with Crippen molar-refractivity contribution in [1.29, 1.82) is 0 Å². The van der Waals surface area contributed by atoms with Crippen molar-refractivity contribution in [3.63, 3.8) is 0 Å². The number of aromatic nitrogens is 2. The van der Waals surface area contributed by atoms with E-state index >= 15 is 0 Å². The summed E-state index contributed by atoms with van der Waals surface area (Å²) in [6.45, 7) is 4.41. The number of hydrogen-bond donors (Lipinski definition) is 0. The Morgan fingerprint density at radius 3 is 2.42 bits per heavy atom. The van der Waals surface area contributed by atoms with E-state index in [0.29, 0.717) is 0 Å². The van der Waals surface area contributed by atoms with E-state index in [1.54, 1.807) is 12.4 Å². The van der Waals surface area contributed by atoms with Gasteiger partial charge in [-0.3, -0.25) is 0 Å². The van der Waals surface area contributed by atoms with E-state index in [-0.39, 0.29) is 0 Å². The van der Waals surface area contributed by atoms with Crippen LogP contribution in [-0.2, 0) is 6.42 Å². The minimum absolute atomic E-state index is 0.720. The molecule has 0 aliphatic rings. The molecule has 3 heteroatoms. The van der Waals surface area contributed by atoms with Crippen LogP contribution in [0.3, 0.4) is 0 Å². The van der Waals surface area contributed by atoms with Crippen molar-refractivity contribution in [3.8, 4) is 0 Å². The SMILES string of the molecule is CC(C)CCc1ncc(Br)cn1. The molecule has 0 fully saturated rings. The zero-order chi connectivity index (χ0) is 8.97. The quantitative estimate of drug-likeness (QED) is 0.796. The van der Waals surface area contributed by atoms with Crippen LogP contribution >= 0.6 is 15.9 Å². The fourth-order valence-electron chi connectivity index (χ4n) is 0.886. The van der Waals surface area contributed by atoms with E-state index in [1.807, 2.05) is 0 Å². The van der Waals surface area contributed by atoms with Crippen LogP contribution in [0.4, 0.5) is 0 Å². The molecule has 0 aliphatic heterocycles. The fraction of sp³-hybridized carbons (Fsp3) is 0.556. The number of rotatable bonds is 3. The lowest BCUT2D eigenvalue weighted by atomic mass is 10.1. The molecule has 0 saturated heterocycles. The molecule has 1 aromatic heterocycles. The third kappa shape index (κ3) is 3.30. The van der Waals surface area contributed by atoms with Crippen LogP contribution in [0.25, 0.3) is 0 Å². The van der Waals surface area contributed by atoms with Gasteiger partial charge in [0, 0.05) is 18.8 Å². The summed E-state index contributed by atoms with van der Waals surface area (Å²) in [6.07, 6.45) is 5.72. The largest absolute Gasteiger partial charge is 0.240 e. The first kappa shape index (κ1) is 9.65. The molecule has 0 saturated carbocycles. The van der Waals surface area contributed by atoms with Crippen molar-refractivity contribution in [1.82, 2.24) is 9.97 Å². The molecule has 0 atom stereocenters. The predicted octanol–water partition coefficient (Wildman–Crippen LogP) is 2.83. The van der Waals surface area contributed by atoms with Crippen molar-refractivity contribution in [2.75, 3.05) is 0 Å². The van der Waals surface area contributed by atoms with Gasteiger partial charge in [-0.1, -0.05) is 13.8 Å². The van der Waals surface area contributed by atoms with Gasteiger partial charge in [0.2, 0.25) is 0 Å². The first-order valence-electron chi connectivity index (χ1n) is 4.15. The van der Waals surface area contributed by atoms with Crippen molar-refractivity contribution in [2.45, 2.75) is 26.7 Å². The molecule has 1 aromatic rings. The maximum atomic E-state index is 4.19. The highest BCUT2D eigenvalue weighted by atomic mass is 79.9. The summed E-state index contributed by atoms with van der Waals surface area (Å²) in [5.41, 5.74) is 0. The van der Waals surface area contributed by atoms with E-state index in [1.165, 1.54) is 0 Å². The standard InChI is InChI=1S/C9H13BrN2/c1-7(2)3-4-9-11-5-8(10)6-12-9/h5-7H,3-4H2,1-2H3. The average molecular weight is 229 g/mol. The number of hydrogen-bond acceptors (Lipinski definition) is 2. The monoisotopic (exact) mass is 228 g/mol. The lowest BCUT2D eigenvalue weighted by molar-refractivity contribution is 0.574. The Hall–Kier alpha value is -0.440. The summed E-state index contributed by atoms with van der Waals surface area (Å²) < 4.78 is 0.941. The van der Waals surface area contributed by atoms with Gasteiger partial charge in [-0.25, -0.2) is 9.97 Å². The molecule has 2 nitrogen and oxygen atoms in total. The summed E-state index contributed by atoms with van der Waals surface area (Å²) in [7, 11) is 0. The van der Waals surface area contributed by atoms with Crippen LogP contribution in [0, 0.1) is 5.92 Å². The number of halogens is 1. The smallest absolute Gasteiger partial charge is 0.128 e. The molecule has 0 N–H and O–H groups in total. The molecule has 0 bridgehead atoms.